The van der Waals surface area contributed by atoms with Crippen molar-refractivity contribution in [2.45, 2.75) is 45.7 Å². The van der Waals surface area contributed by atoms with Crippen molar-refractivity contribution in [1.29, 1.82) is 0 Å². The second kappa shape index (κ2) is 10.8. The smallest absolute Gasteiger partial charge is 0.191 e. The number of likely N-dealkylation sites (tertiary alicyclic amines) is 1. The molecule has 1 aromatic carbocycles. The van der Waals surface area contributed by atoms with Crippen LogP contribution in [-0.2, 0) is 13.0 Å². The number of piperidine rings is 1. The maximum atomic E-state index is 4.79. The van der Waals surface area contributed by atoms with Gasteiger partial charge in [-0.05, 0) is 55.9 Å². The number of nitrogens with one attached hydrogen (secondary N) is 2. The average molecular weight is 380 g/mol. The van der Waals surface area contributed by atoms with Gasteiger partial charge in [-0.3, -0.25) is 14.9 Å². The molecule has 0 unspecified atom stereocenters. The van der Waals surface area contributed by atoms with Crippen LogP contribution in [0.2, 0.25) is 0 Å². The molecule has 1 aliphatic heterocycles. The fourth-order valence-electron chi connectivity index (χ4n) is 3.66. The third-order valence-electron chi connectivity index (χ3n) is 5.31. The lowest BCUT2D eigenvalue weighted by molar-refractivity contribution is 0.198. The van der Waals surface area contributed by atoms with E-state index in [1.165, 1.54) is 16.7 Å². The van der Waals surface area contributed by atoms with Crippen molar-refractivity contribution in [3.05, 3.63) is 65.5 Å². The van der Waals surface area contributed by atoms with E-state index in [4.69, 9.17) is 4.99 Å². The molecule has 2 N–H and O–H groups in total. The van der Waals surface area contributed by atoms with Crippen LogP contribution in [0.25, 0.3) is 0 Å². The molecule has 1 aromatic heterocycles. The zero-order chi connectivity index (χ0) is 19.6. The van der Waals surface area contributed by atoms with Gasteiger partial charge in [0.05, 0.1) is 0 Å². The molecule has 5 heteroatoms. The van der Waals surface area contributed by atoms with Crippen LogP contribution in [0.1, 0.15) is 36.5 Å². The first-order valence-electron chi connectivity index (χ1n) is 10.4. The SMILES string of the molecule is CCNC(=NCCc1ccncc1C)NC1CCN(Cc2ccccc2)CC1. The van der Waals surface area contributed by atoms with Crippen LogP contribution in [0.15, 0.2) is 53.8 Å². The number of nitrogens with zero attached hydrogens (tertiary/aromatic N) is 3. The number of benzene rings is 1. The molecule has 0 aliphatic carbocycles. The molecular weight excluding hydrogens is 346 g/mol. The number of aromatic nitrogens is 1. The van der Waals surface area contributed by atoms with Crippen molar-refractivity contribution in [3.8, 4) is 0 Å². The van der Waals surface area contributed by atoms with Gasteiger partial charge in [0.2, 0.25) is 0 Å². The maximum absolute atomic E-state index is 4.79. The van der Waals surface area contributed by atoms with Crippen LogP contribution in [0.5, 0.6) is 0 Å². The third-order valence-corrected chi connectivity index (χ3v) is 5.31. The number of guanidine groups is 1. The van der Waals surface area contributed by atoms with E-state index in [1.54, 1.807) is 0 Å². The van der Waals surface area contributed by atoms with E-state index in [-0.39, 0.29) is 0 Å². The number of hydrogen-bond acceptors (Lipinski definition) is 3. The number of aliphatic imine (C=N–C) groups is 1. The van der Waals surface area contributed by atoms with Crippen molar-refractivity contribution >= 4 is 5.96 Å². The van der Waals surface area contributed by atoms with E-state index < -0.39 is 0 Å². The van der Waals surface area contributed by atoms with Crippen LogP contribution in [-0.4, -0.2) is 48.1 Å². The van der Waals surface area contributed by atoms with Gasteiger partial charge in [-0.2, -0.15) is 0 Å². The van der Waals surface area contributed by atoms with Crippen molar-refractivity contribution in [2.75, 3.05) is 26.2 Å². The Morgan fingerprint density at radius 1 is 1.18 bits per heavy atom. The van der Waals surface area contributed by atoms with Crippen molar-refractivity contribution < 1.29 is 0 Å². The predicted octanol–water partition coefficient (Wildman–Crippen LogP) is 3.15. The fraction of sp³-hybridized carbons (Fsp3) is 0.478. The Labute approximate surface area is 169 Å². The Kier molecular flexibility index (Phi) is 7.85. The lowest BCUT2D eigenvalue weighted by Crippen LogP contribution is -2.48. The topological polar surface area (TPSA) is 52.6 Å². The lowest BCUT2D eigenvalue weighted by Gasteiger charge is -2.33. The summed E-state index contributed by atoms with van der Waals surface area (Å²) in [5.74, 6) is 0.940. The van der Waals surface area contributed by atoms with Crippen LogP contribution in [0.3, 0.4) is 0 Å². The average Bonchev–Trinajstić information content (AvgIpc) is 2.72. The first-order chi connectivity index (χ1) is 13.7. The molecule has 2 heterocycles. The molecule has 0 saturated carbocycles. The van der Waals surface area contributed by atoms with Gasteiger partial charge in [0.1, 0.15) is 0 Å². The van der Waals surface area contributed by atoms with Crippen molar-refractivity contribution in [1.82, 2.24) is 20.5 Å². The van der Waals surface area contributed by atoms with E-state index in [1.807, 2.05) is 12.4 Å². The summed E-state index contributed by atoms with van der Waals surface area (Å²) >= 11 is 0. The molecule has 0 amide bonds. The highest BCUT2D eigenvalue weighted by Gasteiger charge is 2.20. The normalized spacial score (nSPS) is 16.1. The summed E-state index contributed by atoms with van der Waals surface area (Å²) in [4.78, 5) is 11.5. The Bertz CT molecular complexity index is 736. The molecule has 1 saturated heterocycles. The zero-order valence-electron chi connectivity index (χ0n) is 17.2. The van der Waals surface area contributed by atoms with Crippen molar-refractivity contribution in [3.63, 3.8) is 0 Å². The van der Waals surface area contributed by atoms with E-state index >= 15 is 0 Å². The highest BCUT2D eigenvalue weighted by molar-refractivity contribution is 5.80. The van der Waals surface area contributed by atoms with Crippen LogP contribution >= 0.6 is 0 Å². The van der Waals surface area contributed by atoms with Crippen LogP contribution in [0, 0.1) is 6.92 Å². The third kappa shape index (κ3) is 6.34. The van der Waals surface area contributed by atoms with Gasteiger partial charge in [-0.1, -0.05) is 30.3 Å². The van der Waals surface area contributed by atoms with Gasteiger partial charge >= 0.3 is 0 Å². The molecule has 1 fully saturated rings. The number of aryl methyl sites for hydroxylation is 1. The molecular formula is C23H33N5. The van der Waals surface area contributed by atoms with E-state index in [0.717, 1.165) is 57.9 Å². The zero-order valence-corrected chi connectivity index (χ0v) is 17.2. The Hall–Kier alpha value is -2.40. The summed E-state index contributed by atoms with van der Waals surface area (Å²) in [6, 6.07) is 13.3. The first kappa shape index (κ1) is 20.3. The summed E-state index contributed by atoms with van der Waals surface area (Å²) in [5.41, 5.74) is 3.96. The molecule has 5 nitrogen and oxygen atoms in total. The summed E-state index contributed by atoms with van der Waals surface area (Å²) in [7, 11) is 0. The van der Waals surface area contributed by atoms with Gasteiger partial charge in [0, 0.05) is 51.2 Å². The molecule has 0 radical (unpaired) electrons. The van der Waals surface area contributed by atoms with Gasteiger partial charge in [-0.25, -0.2) is 0 Å². The molecule has 2 aromatic rings. The molecule has 28 heavy (non-hydrogen) atoms. The summed E-state index contributed by atoms with van der Waals surface area (Å²) in [6.45, 7) is 9.20. The minimum Gasteiger partial charge on any atom is -0.357 e. The quantitative estimate of drug-likeness (QED) is 0.573. The molecule has 3 rings (SSSR count). The largest absolute Gasteiger partial charge is 0.357 e. The number of pyridine rings is 1. The van der Waals surface area contributed by atoms with Gasteiger partial charge in [0.25, 0.3) is 0 Å². The fourth-order valence-corrected chi connectivity index (χ4v) is 3.66. The first-order valence-corrected chi connectivity index (χ1v) is 10.4. The summed E-state index contributed by atoms with van der Waals surface area (Å²) < 4.78 is 0. The second-order valence-corrected chi connectivity index (χ2v) is 7.49. The standard InChI is InChI=1S/C23H33N5/c1-3-25-23(26-14-10-21-9-13-24-17-19(21)2)27-22-11-15-28(16-12-22)18-20-7-5-4-6-8-20/h4-9,13,17,22H,3,10-12,14-16,18H2,1-2H3,(H2,25,26,27). The highest BCUT2D eigenvalue weighted by atomic mass is 15.2. The van der Waals surface area contributed by atoms with Gasteiger partial charge < -0.3 is 10.6 Å². The molecule has 0 bridgehead atoms. The van der Waals surface area contributed by atoms with Gasteiger partial charge in [-0.15, -0.1) is 0 Å². The Balaban J connectivity index is 1.46. The minimum atomic E-state index is 0.493. The Morgan fingerprint density at radius 3 is 2.68 bits per heavy atom. The molecule has 0 atom stereocenters. The van der Waals surface area contributed by atoms with E-state index in [0.29, 0.717) is 6.04 Å². The molecule has 1 aliphatic rings. The summed E-state index contributed by atoms with van der Waals surface area (Å²) in [5, 5.41) is 7.04. The number of hydrogen-bond donors (Lipinski definition) is 2. The molecule has 0 spiro atoms. The van der Waals surface area contributed by atoms with E-state index in [9.17, 15) is 0 Å². The Morgan fingerprint density at radius 2 is 1.96 bits per heavy atom. The minimum absolute atomic E-state index is 0.493. The monoisotopic (exact) mass is 379 g/mol. The van der Waals surface area contributed by atoms with Crippen molar-refractivity contribution in [2.24, 2.45) is 4.99 Å². The summed E-state index contributed by atoms with van der Waals surface area (Å²) in [6.07, 6.45) is 7.03. The van der Waals surface area contributed by atoms with Crippen LogP contribution in [0.4, 0.5) is 0 Å². The highest BCUT2D eigenvalue weighted by Crippen LogP contribution is 2.14. The van der Waals surface area contributed by atoms with E-state index in [2.05, 4.69) is 70.8 Å². The molecule has 150 valence electrons. The maximum Gasteiger partial charge on any atom is 0.191 e. The lowest BCUT2D eigenvalue weighted by atomic mass is 10.0. The number of rotatable bonds is 7. The van der Waals surface area contributed by atoms with Gasteiger partial charge in [0.15, 0.2) is 5.96 Å². The second-order valence-electron chi connectivity index (χ2n) is 7.49. The van der Waals surface area contributed by atoms with Crippen LogP contribution < -0.4 is 10.6 Å². The predicted molar refractivity (Wildman–Crippen MR) is 117 cm³/mol.